The summed E-state index contributed by atoms with van der Waals surface area (Å²) in [5.74, 6) is -0.148. The number of anilines is 2. The van der Waals surface area contributed by atoms with Gasteiger partial charge in [0.25, 0.3) is 0 Å². The third kappa shape index (κ3) is 2.72. The Kier molecular flexibility index (Phi) is 4.01. The minimum atomic E-state index is -0.334. The number of urea groups is 1. The molecule has 7 nitrogen and oxygen atoms in total. The summed E-state index contributed by atoms with van der Waals surface area (Å²) in [6.45, 7) is 0.332. The molecule has 142 valence electrons. The molecule has 2 N–H and O–H groups in total. The lowest BCUT2D eigenvalue weighted by Gasteiger charge is -2.17. The highest BCUT2D eigenvalue weighted by molar-refractivity contribution is 7.13. The van der Waals surface area contributed by atoms with Crippen molar-refractivity contribution >= 4 is 40.0 Å². The zero-order chi connectivity index (χ0) is 19.3. The third-order valence-corrected chi connectivity index (χ3v) is 6.46. The van der Waals surface area contributed by atoms with E-state index in [2.05, 4.69) is 27.8 Å². The molecule has 1 aliphatic heterocycles. The van der Waals surface area contributed by atoms with Gasteiger partial charge >= 0.3 is 6.03 Å². The van der Waals surface area contributed by atoms with Crippen molar-refractivity contribution in [2.75, 3.05) is 10.2 Å². The molecule has 1 aromatic heterocycles. The summed E-state index contributed by atoms with van der Waals surface area (Å²) >= 11 is 1.34. The number of carbonyl (C=O) groups is 3. The van der Waals surface area contributed by atoms with Gasteiger partial charge in [-0.05, 0) is 36.0 Å². The molecular formula is C20H18N4O3S. The Labute approximate surface area is 165 Å². The van der Waals surface area contributed by atoms with E-state index in [1.807, 2.05) is 12.1 Å². The number of carbonyl (C=O) groups excluding carboxylic acids is 3. The summed E-state index contributed by atoms with van der Waals surface area (Å²) in [6, 6.07) is 6.84. The van der Waals surface area contributed by atoms with Crippen LogP contribution in [0.25, 0.3) is 0 Å². The largest absolute Gasteiger partial charge is 0.334 e. The average molecular weight is 394 g/mol. The van der Waals surface area contributed by atoms with Crippen molar-refractivity contribution in [2.45, 2.75) is 13.0 Å². The molecule has 1 aromatic carbocycles. The summed E-state index contributed by atoms with van der Waals surface area (Å²) in [4.78, 5) is 42.9. The van der Waals surface area contributed by atoms with Crippen LogP contribution in [0.15, 0.2) is 48.0 Å². The molecule has 4 unspecified atom stereocenters. The molecule has 1 saturated carbocycles. The number of nitrogens with zero attached hydrogens (tertiary/aromatic N) is 2. The van der Waals surface area contributed by atoms with E-state index in [1.165, 1.54) is 16.2 Å². The molecule has 0 radical (unpaired) electrons. The number of fused-ring (bicyclic) bond motifs is 5. The number of nitrogens with one attached hydrogen (secondary N) is 2. The van der Waals surface area contributed by atoms with Gasteiger partial charge in [0.05, 0.1) is 17.5 Å². The number of aromatic nitrogens is 1. The van der Waals surface area contributed by atoms with Crippen molar-refractivity contribution in [2.24, 2.45) is 23.7 Å². The van der Waals surface area contributed by atoms with E-state index < -0.39 is 0 Å². The minimum Gasteiger partial charge on any atom is -0.334 e. The topological polar surface area (TPSA) is 91.4 Å². The standard InChI is InChI=1S/C20H18N4O3S/c25-17-15-12-3-4-13(9-12)16(15)18(26)24(17)14-5-1-11(2-6-14)10-22-19(27)23-20-21-7-8-28-20/h1-8,12-13,15-16H,9-10H2,(H2,21,22,23,27). The number of thiazole rings is 1. The summed E-state index contributed by atoms with van der Waals surface area (Å²) in [7, 11) is 0. The Hall–Kier alpha value is -3.00. The molecule has 3 aliphatic rings. The molecule has 4 atom stereocenters. The zero-order valence-corrected chi connectivity index (χ0v) is 15.7. The first-order valence-corrected chi connectivity index (χ1v) is 10.1. The van der Waals surface area contributed by atoms with Crippen molar-refractivity contribution in [3.8, 4) is 0 Å². The van der Waals surface area contributed by atoms with Crippen LogP contribution in [0, 0.1) is 23.7 Å². The molecule has 2 fully saturated rings. The van der Waals surface area contributed by atoms with Gasteiger partial charge in [-0.1, -0.05) is 24.3 Å². The lowest BCUT2D eigenvalue weighted by molar-refractivity contribution is -0.123. The Morgan fingerprint density at radius 2 is 1.79 bits per heavy atom. The second-order valence-electron chi connectivity index (χ2n) is 7.32. The van der Waals surface area contributed by atoms with Crippen molar-refractivity contribution in [1.82, 2.24) is 10.3 Å². The molecule has 2 aliphatic carbocycles. The fourth-order valence-electron chi connectivity index (χ4n) is 4.53. The highest BCUT2D eigenvalue weighted by Crippen LogP contribution is 2.53. The van der Waals surface area contributed by atoms with E-state index in [-0.39, 0.29) is 41.5 Å². The van der Waals surface area contributed by atoms with E-state index in [4.69, 9.17) is 0 Å². The third-order valence-electron chi connectivity index (χ3n) is 5.77. The van der Waals surface area contributed by atoms with Gasteiger partial charge in [-0.15, -0.1) is 11.3 Å². The summed E-state index contributed by atoms with van der Waals surface area (Å²) in [5.41, 5.74) is 1.47. The van der Waals surface area contributed by atoms with E-state index in [0.29, 0.717) is 17.4 Å². The molecule has 28 heavy (non-hydrogen) atoms. The zero-order valence-electron chi connectivity index (χ0n) is 14.9. The lowest BCUT2D eigenvalue weighted by Crippen LogP contribution is -2.32. The Balaban J connectivity index is 1.24. The smallest absolute Gasteiger partial charge is 0.321 e. The van der Waals surface area contributed by atoms with Gasteiger partial charge in [0.2, 0.25) is 11.8 Å². The normalized spacial score (nSPS) is 27.4. The number of rotatable bonds is 4. The van der Waals surface area contributed by atoms with Crippen LogP contribution in [0.3, 0.4) is 0 Å². The molecular weight excluding hydrogens is 376 g/mol. The maximum absolute atomic E-state index is 12.8. The first-order chi connectivity index (χ1) is 13.6. The number of benzene rings is 1. The van der Waals surface area contributed by atoms with Crippen LogP contribution in [-0.4, -0.2) is 22.8 Å². The summed E-state index contributed by atoms with van der Waals surface area (Å²) < 4.78 is 0. The van der Waals surface area contributed by atoms with Crippen LogP contribution >= 0.6 is 11.3 Å². The highest BCUT2D eigenvalue weighted by Gasteiger charge is 2.59. The molecule has 8 heteroatoms. The van der Waals surface area contributed by atoms with Crippen LogP contribution in [0.5, 0.6) is 0 Å². The molecule has 5 rings (SSSR count). The number of hydrogen-bond donors (Lipinski definition) is 2. The Morgan fingerprint density at radius 1 is 1.11 bits per heavy atom. The lowest BCUT2D eigenvalue weighted by atomic mass is 9.85. The van der Waals surface area contributed by atoms with Gasteiger partial charge in [0.15, 0.2) is 5.13 Å². The van der Waals surface area contributed by atoms with Crippen molar-refractivity contribution in [3.63, 3.8) is 0 Å². The molecule has 2 heterocycles. The van der Waals surface area contributed by atoms with E-state index in [0.717, 1.165) is 12.0 Å². The number of imide groups is 1. The van der Waals surface area contributed by atoms with Gasteiger partial charge in [0, 0.05) is 18.1 Å². The minimum absolute atomic E-state index is 0.0828. The van der Waals surface area contributed by atoms with Gasteiger partial charge in [-0.3, -0.25) is 19.8 Å². The SMILES string of the molecule is O=C(NCc1ccc(N2C(=O)C3C4C=CC(C4)C3C2=O)cc1)Nc1nccs1. The first-order valence-electron chi connectivity index (χ1n) is 9.21. The van der Waals surface area contributed by atoms with Crippen LogP contribution < -0.4 is 15.5 Å². The second kappa shape index (κ2) is 6.56. The Morgan fingerprint density at radius 3 is 2.39 bits per heavy atom. The number of allylic oxidation sites excluding steroid dienone is 2. The molecule has 2 aromatic rings. The summed E-state index contributed by atoms with van der Waals surface area (Å²) in [6.07, 6.45) is 6.72. The molecule has 0 spiro atoms. The quantitative estimate of drug-likeness (QED) is 0.616. The van der Waals surface area contributed by atoms with E-state index >= 15 is 0 Å². The van der Waals surface area contributed by atoms with Gasteiger partial charge < -0.3 is 5.32 Å². The first kappa shape index (κ1) is 17.1. The van der Waals surface area contributed by atoms with Crippen LogP contribution in [0.2, 0.25) is 0 Å². The molecule has 2 bridgehead atoms. The highest BCUT2D eigenvalue weighted by atomic mass is 32.1. The maximum atomic E-state index is 12.8. The van der Waals surface area contributed by atoms with Crippen molar-refractivity contribution in [3.05, 3.63) is 53.6 Å². The second-order valence-corrected chi connectivity index (χ2v) is 8.22. The van der Waals surface area contributed by atoms with Gasteiger partial charge in [-0.2, -0.15) is 0 Å². The van der Waals surface area contributed by atoms with Crippen molar-refractivity contribution < 1.29 is 14.4 Å². The fraction of sp³-hybridized carbons (Fsp3) is 0.300. The number of hydrogen-bond acceptors (Lipinski definition) is 5. The Bertz CT molecular complexity index is 940. The van der Waals surface area contributed by atoms with Gasteiger partial charge in [-0.25, -0.2) is 9.78 Å². The van der Waals surface area contributed by atoms with Crippen LogP contribution in [0.4, 0.5) is 15.6 Å². The monoisotopic (exact) mass is 394 g/mol. The van der Waals surface area contributed by atoms with Crippen LogP contribution in [0.1, 0.15) is 12.0 Å². The predicted octanol–water partition coefficient (Wildman–Crippen LogP) is 2.78. The van der Waals surface area contributed by atoms with E-state index in [9.17, 15) is 14.4 Å². The van der Waals surface area contributed by atoms with Crippen molar-refractivity contribution in [1.29, 1.82) is 0 Å². The fourth-order valence-corrected chi connectivity index (χ4v) is 5.05. The van der Waals surface area contributed by atoms with E-state index in [1.54, 1.807) is 23.7 Å². The summed E-state index contributed by atoms with van der Waals surface area (Å²) in [5, 5.41) is 7.73. The average Bonchev–Trinajstić information content (AvgIpc) is 3.47. The van der Waals surface area contributed by atoms with Crippen LogP contribution in [-0.2, 0) is 16.1 Å². The number of amides is 4. The maximum Gasteiger partial charge on any atom is 0.321 e. The van der Waals surface area contributed by atoms with Gasteiger partial charge in [0.1, 0.15) is 0 Å². The molecule has 4 amide bonds. The molecule has 1 saturated heterocycles. The predicted molar refractivity (Wildman–Crippen MR) is 105 cm³/mol.